The number of rotatable bonds is 5. The van der Waals surface area contributed by atoms with Gasteiger partial charge in [-0.1, -0.05) is 0 Å². The summed E-state index contributed by atoms with van der Waals surface area (Å²) in [4.78, 5) is 18.5. The lowest BCUT2D eigenvalue weighted by atomic mass is 10.2. The molecule has 2 heterocycles. The predicted molar refractivity (Wildman–Crippen MR) is 66.3 cm³/mol. The quantitative estimate of drug-likeness (QED) is 0.640. The van der Waals surface area contributed by atoms with Gasteiger partial charge in [0.15, 0.2) is 0 Å². The first-order valence-electron chi connectivity index (χ1n) is 5.48. The molecule has 2 aromatic rings. The van der Waals surface area contributed by atoms with Crippen molar-refractivity contribution in [2.24, 2.45) is 0 Å². The van der Waals surface area contributed by atoms with Crippen LogP contribution in [0.5, 0.6) is 0 Å². The summed E-state index contributed by atoms with van der Waals surface area (Å²) in [6.07, 6.45) is 6.77. The molecule has 94 valence electrons. The van der Waals surface area contributed by atoms with E-state index in [2.05, 4.69) is 15.3 Å². The van der Waals surface area contributed by atoms with Crippen LogP contribution in [0.2, 0.25) is 0 Å². The van der Waals surface area contributed by atoms with E-state index in [1.54, 1.807) is 31.7 Å². The minimum atomic E-state index is -0.415. The van der Waals surface area contributed by atoms with E-state index in [1.165, 1.54) is 0 Å². The second-order valence-corrected chi connectivity index (χ2v) is 3.81. The van der Waals surface area contributed by atoms with Crippen LogP contribution in [0.15, 0.2) is 31.0 Å². The van der Waals surface area contributed by atoms with Crippen LogP contribution < -0.4 is 5.32 Å². The summed E-state index contributed by atoms with van der Waals surface area (Å²) in [5.74, 6) is 0.306. The maximum atomic E-state index is 10.9. The molecule has 1 N–H and O–H groups in total. The maximum Gasteiger partial charge on any atom is 0.314 e. The van der Waals surface area contributed by atoms with Gasteiger partial charge in [0.2, 0.25) is 5.82 Å². The van der Waals surface area contributed by atoms with Gasteiger partial charge in [-0.15, -0.1) is 0 Å². The molecule has 2 aromatic heterocycles. The van der Waals surface area contributed by atoms with E-state index in [0.29, 0.717) is 24.5 Å². The number of anilines is 1. The number of aromatic nitrogens is 3. The van der Waals surface area contributed by atoms with Crippen LogP contribution in [0.4, 0.5) is 11.5 Å². The number of pyridine rings is 1. The predicted octanol–water partition coefficient (Wildman–Crippen LogP) is 1.61. The fourth-order valence-corrected chi connectivity index (χ4v) is 1.63. The zero-order valence-corrected chi connectivity index (χ0v) is 9.91. The van der Waals surface area contributed by atoms with E-state index in [0.717, 1.165) is 0 Å². The SMILES string of the molecule is Cc1ccnc(NCCn2ccnc2)c1[N+](=O)[O-]. The van der Waals surface area contributed by atoms with Crippen LogP contribution in [0.25, 0.3) is 0 Å². The van der Waals surface area contributed by atoms with Gasteiger partial charge in [0.05, 0.1) is 11.3 Å². The standard InChI is InChI=1S/C11H13N5O2/c1-9-2-3-13-11(10(9)16(17)18)14-5-7-15-6-4-12-8-15/h2-4,6,8H,5,7H2,1H3,(H,13,14). The van der Waals surface area contributed by atoms with E-state index >= 15 is 0 Å². The Kier molecular flexibility index (Phi) is 3.52. The summed E-state index contributed by atoms with van der Waals surface area (Å²) in [6, 6.07) is 1.62. The molecule has 2 rings (SSSR count). The van der Waals surface area contributed by atoms with E-state index in [1.807, 2.05) is 10.8 Å². The van der Waals surface area contributed by atoms with E-state index in [9.17, 15) is 10.1 Å². The maximum absolute atomic E-state index is 10.9. The molecule has 0 saturated carbocycles. The van der Waals surface area contributed by atoms with E-state index in [4.69, 9.17) is 0 Å². The summed E-state index contributed by atoms with van der Waals surface area (Å²) in [7, 11) is 0. The van der Waals surface area contributed by atoms with Gasteiger partial charge in [-0.3, -0.25) is 10.1 Å². The van der Waals surface area contributed by atoms with Crippen LogP contribution in [0.3, 0.4) is 0 Å². The fraction of sp³-hybridized carbons (Fsp3) is 0.273. The summed E-state index contributed by atoms with van der Waals surface area (Å²) in [5.41, 5.74) is 0.628. The number of nitro groups is 1. The molecule has 0 fully saturated rings. The van der Waals surface area contributed by atoms with Crippen molar-refractivity contribution in [3.63, 3.8) is 0 Å². The minimum Gasteiger partial charge on any atom is -0.363 e. The number of hydrogen-bond donors (Lipinski definition) is 1. The average Bonchev–Trinajstić information content (AvgIpc) is 2.81. The highest BCUT2D eigenvalue weighted by atomic mass is 16.6. The van der Waals surface area contributed by atoms with Crippen LogP contribution in [0, 0.1) is 17.0 Å². The number of nitrogens with zero attached hydrogens (tertiary/aromatic N) is 4. The van der Waals surface area contributed by atoms with Gasteiger partial charge in [-0.25, -0.2) is 9.97 Å². The zero-order chi connectivity index (χ0) is 13.0. The fourth-order valence-electron chi connectivity index (χ4n) is 1.63. The molecule has 0 aliphatic heterocycles. The average molecular weight is 247 g/mol. The Morgan fingerprint density at radius 2 is 2.33 bits per heavy atom. The monoisotopic (exact) mass is 247 g/mol. The van der Waals surface area contributed by atoms with Crippen molar-refractivity contribution in [2.45, 2.75) is 13.5 Å². The normalized spacial score (nSPS) is 10.3. The third-order valence-corrected chi connectivity index (χ3v) is 2.53. The smallest absolute Gasteiger partial charge is 0.314 e. The highest BCUT2D eigenvalue weighted by Gasteiger charge is 2.17. The molecular formula is C11H13N5O2. The Bertz CT molecular complexity index is 538. The third-order valence-electron chi connectivity index (χ3n) is 2.53. The topological polar surface area (TPSA) is 85.9 Å². The van der Waals surface area contributed by atoms with Gasteiger partial charge in [0.1, 0.15) is 0 Å². The van der Waals surface area contributed by atoms with Crippen LogP contribution in [-0.2, 0) is 6.54 Å². The van der Waals surface area contributed by atoms with E-state index < -0.39 is 4.92 Å². The first kappa shape index (κ1) is 12.0. The van der Waals surface area contributed by atoms with Crippen LogP contribution >= 0.6 is 0 Å². The minimum absolute atomic E-state index is 0.0307. The van der Waals surface area contributed by atoms with Crippen molar-refractivity contribution < 1.29 is 4.92 Å². The van der Waals surface area contributed by atoms with Crippen molar-refractivity contribution in [3.05, 3.63) is 46.7 Å². The molecular weight excluding hydrogens is 234 g/mol. The lowest BCUT2D eigenvalue weighted by Crippen LogP contribution is -2.12. The van der Waals surface area contributed by atoms with Gasteiger partial charge >= 0.3 is 5.69 Å². The van der Waals surface area contributed by atoms with Crippen molar-refractivity contribution in [2.75, 3.05) is 11.9 Å². The second kappa shape index (κ2) is 5.26. The van der Waals surface area contributed by atoms with E-state index in [-0.39, 0.29) is 5.69 Å². The molecule has 0 saturated heterocycles. The summed E-state index contributed by atoms with van der Waals surface area (Å²) in [5, 5.41) is 13.9. The molecule has 0 aliphatic carbocycles. The summed E-state index contributed by atoms with van der Waals surface area (Å²) < 4.78 is 1.88. The third kappa shape index (κ3) is 2.62. The molecule has 0 aliphatic rings. The van der Waals surface area contributed by atoms with Gasteiger partial charge in [0.25, 0.3) is 0 Å². The van der Waals surface area contributed by atoms with Gasteiger partial charge < -0.3 is 9.88 Å². The molecule has 0 unspecified atom stereocenters. The zero-order valence-electron chi connectivity index (χ0n) is 9.91. The first-order valence-corrected chi connectivity index (χ1v) is 5.48. The molecule has 18 heavy (non-hydrogen) atoms. The Morgan fingerprint density at radius 1 is 1.50 bits per heavy atom. The summed E-state index contributed by atoms with van der Waals surface area (Å²) in [6.45, 7) is 2.92. The first-order chi connectivity index (χ1) is 8.68. The van der Waals surface area contributed by atoms with Crippen molar-refractivity contribution in [1.29, 1.82) is 0 Å². The van der Waals surface area contributed by atoms with Gasteiger partial charge in [0, 0.05) is 37.2 Å². The highest BCUT2D eigenvalue weighted by Crippen LogP contribution is 2.24. The number of imidazole rings is 1. The Morgan fingerprint density at radius 3 is 3.00 bits per heavy atom. The Labute approximate surface area is 104 Å². The number of aryl methyl sites for hydroxylation is 1. The molecule has 0 atom stereocenters. The molecule has 0 amide bonds. The second-order valence-electron chi connectivity index (χ2n) is 3.81. The van der Waals surface area contributed by atoms with Crippen molar-refractivity contribution in [3.8, 4) is 0 Å². The molecule has 0 radical (unpaired) electrons. The highest BCUT2D eigenvalue weighted by molar-refractivity contribution is 5.59. The molecule has 7 nitrogen and oxygen atoms in total. The lowest BCUT2D eigenvalue weighted by molar-refractivity contribution is -0.384. The van der Waals surface area contributed by atoms with Crippen molar-refractivity contribution in [1.82, 2.24) is 14.5 Å². The molecule has 0 bridgehead atoms. The molecule has 0 aromatic carbocycles. The lowest BCUT2D eigenvalue weighted by Gasteiger charge is -2.07. The molecule has 0 spiro atoms. The Balaban J connectivity index is 2.05. The van der Waals surface area contributed by atoms with Gasteiger partial charge in [-0.2, -0.15) is 0 Å². The van der Waals surface area contributed by atoms with Crippen molar-refractivity contribution >= 4 is 11.5 Å². The van der Waals surface area contributed by atoms with Crippen LogP contribution in [-0.4, -0.2) is 26.0 Å². The number of nitrogens with one attached hydrogen (secondary N) is 1. The summed E-state index contributed by atoms with van der Waals surface area (Å²) >= 11 is 0. The number of hydrogen-bond acceptors (Lipinski definition) is 5. The van der Waals surface area contributed by atoms with Crippen LogP contribution in [0.1, 0.15) is 5.56 Å². The van der Waals surface area contributed by atoms with Gasteiger partial charge in [-0.05, 0) is 13.0 Å². The largest absolute Gasteiger partial charge is 0.363 e. The Hall–Kier alpha value is -2.44. The molecule has 7 heteroatoms.